The third-order valence-electron chi connectivity index (χ3n) is 2.74. The number of hydrogen-bond acceptors (Lipinski definition) is 5. The molecule has 1 aromatic heterocycles. The molecule has 0 fully saturated rings. The third kappa shape index (κ3) is 3.24. The molecule has 3 N–H and O–H groups in total. The molecular formula is C10H19N5O3S. The van der Waals surface area contributed by atoms with Crippen molar-refractivity contribution in [1.82, 2.24) is 19.4 Å². The van der Waals surface area contributed by atoms with Crippen molar-refractivity contribution >= 4 is 21.7 Å². The smallest absolute Gasteiger partial charge is 0.248 e. The molecule has 1 amide bonds. The van der Waals surface area contributed by atoms with Crippen LogP contribution in [0.1, 0.15) is 6.92 Å². The van der Waals surface area contributed by atoms with Gasteiger partial charge in [-0.2, -0.15) is 9.40 Å². The van der Waals surface area contributed by atoms with E-state index in [1.54, 1.807) is 14.0 Å². The van der Waals surface area contributed by atoms with Crippen LogP contribution in [0.4, 0.5) is 5.82 Å². The first-order valence-electron chi connectivity index (χ1n) is 5.67. The zero-order valence-corrected chi connectivity index (χ0v) is 12.2. The first-order valence-corrected chi connectivity index (χ1v) is 7.11. The van der Waals surface area contributed by atoms with Crippen LogP contribution >= 0.6 is 0 Å². The SMILES string of the molecule is CNC(=O)C(C)CN(C)S(=O)(=O)c1cn(C)nc1N. The summed E-state index contributed by atoms with van der Waals surface area (Å²) in [5.74, 6) is -0.731. The lowest BCUT2D eigenvalue weighted by atomic mass is 10.2. The lowest BCUT2D eigenvalue weighted by Crippen LogP contribution is -2.37. The molecule has 0 aliphatic rings. The van der Waals surface area contributed by atoms with Crippen molar-refractivity contribution in [2.75, 3.05) is 26.4 Å². The van der Waals surface area contributed by atoms with Crippen LogP contribution in [0.5, 0.6) is 0 Å². The highest BCUT2D eigenvalue weighted by atomic mass is 32.2. The molecule has 19 heavy (non-hydrogen) atoms. The van der Waals surface area contributed by atoms with Crippen LogP contribution in [0.25, 0.3) is 0 Å². The summed E-state index contributed by atoms with van der Waals surface area (Å²) in [6.45, 7) is 1.72. The number of amides is 1. The van der Waals surface area contributed by atoms with Gasteiger partial charge in [0, 0.05) is 39.8 Å². The Hall–Kier alpha value is -1.61. The molecule has 1 unspecified atom stereocenters. The van der Waals surface area contributed by atoms with Crippen molar-refractivity contribution in [2.45, 2.75) is 11.8 Å². The lowest BCUT2D eigenvalue weighted by Gasteiger charge is -2.19. The molecule has 9 heteroatoms. The third-order valence-corrected chi connectivity index (χ3v) is 4.58. The van der Waals surface area contributed by atoms with Crippen LogP contribution in [-0.2, 0) is 21.9 Å². The number of aromatic nitrogens is 2. The van der Waals surface area contributed by atoms with Gasteiger partial charge < -0.3 is 11.1 Å². The van der Waals surface area contributed by atoms with E-state index in [9.17, 15) is 13.2 Å². The number of nitrogen functional groups attached to an aromatic ring is 1. The second kappa shape index (κ2) is 5.57. The number of aryl methyl sites for hydroxylation is 1. The van der Waals surface area contributed by atoms with Gasteiger partial charge in [-0.05, 0) is 0 Å². The molecule has 108 valence electrons. The molecule has 1 atom stereocenters. The minimum atomic E-state index is -3.74. The Morgan fingerprint density at radius 1 is 1.63 bits per heavy atom. The maximum absolute atomic E-state index is 12.3. The van der Waals surface area contributed by atoms with Gasteiger partial charge in [-0.25, -0.2) is 8.42 Å². The summed E-state index contributed by atoms with van der Waals surface area (Å²) >= 11 is 0. The highest BCUT2D eigenvalue weighted by Crippen LogP contribution is 2.20. The van der Waals surface area contributed by atoms with Crippen LogP contribution in [0.2, 0.25) is 0 Å². The van der Waals surface area contributed by atoms with E-state index in [0.29, 0.717) is 0 Å². The highest BCUT2D eigenvalue weighted by molar-refractivity contribution is 7.89. The number of nitrogens with two attached hydrogens (primary N) is 1. The van der Waals surface area contributed by atoms with Gasteiger partial charge in [0.1, 0.15) is 4.90 Å². The molecule has 0 bridgehead atoms. The molecule has 0 aliphatic heterocycles. The molecule has 1 heterocycles. The first kappa shape index (κ1) is 15.4. The van der Waals surface area contributed by atoms with Gasteiger partial charge in [0.2, 0.25) is 15.9 Å². The van der Waals surface area contributed by atoms with Crippen LogP contribution in [0.15, 0.2) is 11.1 Å². The van der Waals surface area contributed by atoms with Crippen LogP contribution in [0, 0.1) is 5.92 Å². The van der Waals surface area contributed by atoms with Gasteiger partial charge in [0.15, 0.2) is 5.82 Å². The Balaban J connectivity index is 2.95. The molecular weight excluding hydrogens is 270 g/mol. The van der Waals surface area contributed by atoms with Gasteiger partial charge >= 0.3 is 0 Å². The standard InChI is InChI=1S/C10H19N5O3S/c1-7(10(16)12-2)5-15(4)19(17,18)8-6-14(3)13-9(8)11/h6-7H,5H2,1-4H3,(H2,11,13)(H,12,16). The average molecular weight is 289 g/mol. The van der Waals surface area contributed by atoms with E-state index in [-0.39, 0.29) is 23.2 Å². The fourth-order valence-electron chi connectivity index (χ4n) is 1.66. The molecule has 0 saturated heterocycles. The summed E-state index contributed by atoms with van der Waals surface area (Å²) in [6, 6.07) is 0. The molecule has 1 rings (SSSR count). The zero-order chi connectivity index (χ0) is 14.8. The number of rotatable bonds is 5. The van der Waals surface area contributed by atoms with Crippen molar-refractivity contribution in [3.8, 4) is 0 Å². The van der Waals surface area contributed by atoms with Crippen LogP contribution < -0.4 is 11.1 Å². The number of carbonyl (C=O) groups is 1. The second-order valence-corrected chi connectivity index (χ2v) is 6.37. The second-order valence-electron chi connectivity index (χ2n) is 4.35. The van der Waals surface area contributed by atoms with Crippen LogP contribution in [0.3, 0.4) is 0 Å². The number of sulfonamides is 1. The van der Waals surface area contributed by atoms with E-state index in [4.69, 9.17) is 5.73 Å². The topological polar surface area (TPSA) is 110 Å². The molecule has 0 aromatic carbocycles. The Labute approximate surface area is 112 Å². The van der Waals surface area contributed by atoms with Gasteiger partial charge in [0.25, 0.3) is 0 Å². The van der Waals surface area contributed by atoms with E-state index < -0.39 is 15.9 Å². The fourth-order valence-corrected chi connectivity index (χ4v) is 3.01. The number of hydrogen-bond donors (Lipinski definition) is 2. The summed E-state index contributed by atoms with van der Waals surface area (Å²) in [5.41, 5.74) is 5.57. The van der Waals surface area contributed by atoms with Crippen LogP contribution in [-0.4, -0.2) is 49.1 Å². The minimum Gasteiger partial charge on any atom is -0.381 e. The molecule has 0 saturated carbocycles. The van der Waals surface area contributed by atoms with Crippen molar-refractivity contribution in [2.24, 2.45) is 13.0 Å². The summed E-state index contributed by atoms with van der Waals surface area (Å²) in [4.78, 5) is 11.4. The van der Waals surface area contributed by atoms with E-state index in [0.717, 1.165) is 4.31 Å². The van der Waals surface area contributed by atoms with Gasteiger partial charge in [-0.1, -0.05) is 6.92 Å². The summed E-state index contributed by atoms with van der Waals surface area (Å²) < 4.78 is 27.0. The molecule has 0 aliphatic carbocycles. The Morgan fingerprint density at radius 3 is 2.63 bits per heavy atom. The van der Waals surface area contributed by atoms with Crippen molar-refractivity contribution in [3.63, 3.8) is 0 Å². The van der Waals surface area contributed by atoms with E-state index in [1.165, 1.54) is 25.0 Å². The molecule has 1 aromatic rings. The fraction of sp³-hybridized carbons (Fsp3) is 0.600. The van der Waals surface area contributed by atoms with Gasteiger partial charge in [-0.3, -0.25) is 9.48 Å². The summed E-state index contributed by atoms with van der Waals surface area (Å²) in [5, 5.41) is 6.27. The zero-order valence-electron chi connectivity index (χ0n) is 11.4. The van der Waals surface area contributed by atoms with Gasteiger partial charge in [0.05, 0.1) is 0 Å². The number of anilines is 1. The first-order chi connectivity index (χ1) is 8.70. The van der Waals surface area contributed by atoms with Crippen molar-refractivity contribution in [3.05, 3.63) is 6.20 Å². The summed E-state index contributed by atoms with van der Waals surface area (Å²) in [7, 11) is 0.756. The average Bonchev–Trinajstić information content (AvgIpc) is 2.67. The number of carbonyl (C=O) groups excluding carboxylic acids is 1. The Kier molecular flexibility index (Phi) is 4.53. The highest BCUT2D eigenvalue weighted by Gasteiger charge is 2.28. The Morgan fingerprint density at radius 2 is 2.21 bits per heavy atom. The minimum absolute atomic E-state index is 0.0538. The largest absolute Gasteiger partial charge is 0.381 e. The Bertz CT molecular complexity index is 566. The maximum Gasteiger partial charge on any atom is 0.248 e. The maximum atomic E-state index is 12.3. The van der Waals surface area contributed by atoms with Crippen molar-refractivity contribution < 1.29 is 13.2 Å². The van der Waals surface area contributed by atoms with E-state index in [1.807, 2.05) is 0 Å². The summed E-state index contributed by atoms with van der Waals surface area (Å²) in [6.07, 6.45) is 1.34. The molecule has 8 nitrogen and oxygen atoms in total. The number of nitrogens with one attached hydrogen (secondary N) is 1. The monoisotopic (exact) mass is 289 g/mol. The predicted octanol–water partition coefficient (Wildman–Crippen LogP) is -0.995. The predicted molar refractivity (Wildman–Crippen MR) is 70.7 cm³/mol. The molecule has 0 spiro atoms. The van der Waals surface area contributed by atoms with Crippen molar-refractivity contribution in [1.29, 1.82) is 0 Å². The normalized spacial score (nSPS) is 13.5. The number of nitrogens with zero attached hydrogens (tertiary/aromatic N) is 3. The van der Waals surface area contributed by atoms with E-state index in [2.05, 4.69) is 10.4 Å². The quantitative estimate of drug-likeness (QED) is 0.722. The molecule has 0 radical (unpaired) electrons. The lowest BCUT2D eigenvalue weighted by molar-refractivity contribution is -0.124. The van der Waals surface area contributed by atoms with E-state index >= 15 is 0 Å². The van der Waals surface area contributed by atoms with Gasteiger partial charge in [-0.15, -0.1) is 0 Å².